The Labute approximate surface area is 229 Å². The van der Waals surface area contributed by atoms with Crippen molar-refractivity contribution in [2.24, 2.45) is 0 Å². The summed E-state index contributed by atoms with van der Waals surface area (Å²) < 4.78 is 12.7. The molecule has 0 bridgehead atoms. The monoisotopic (exact) mass is 519 g/mol. The number of rotatable bonds is 3. The molecule has 0 atom stereocenters. The highest BCUT2D eigenvalue weighted by molar-refractivity contribution is 6.10. The number of hydrogen-bond donors (Lipinski definition) is 0. The predicted octanol–water partition coefficient (Wildman–Crippen LogP) is 7.11. The van der Waals surface area contributed by atoms with E-state index in [4.69, 9.17) is 9.15 Å². The van der Waals surface area contributed by atoms with E-state index in [1.165, 1.54) is 51.9 Å². The van der Waals surface area contributed by atoms with E-state index in [1.807, 2.05) is 25.1 Å². The van der Waals surface area contributed by atoms with Gasteiger partial charge in [0.1, 0.15) is 0 Å². The fraction of sp³-hybridized carbons (Fsp3) is 0.412. The fourth-order valence-corrected chi connectivity index (χ4v) is 7.92. The molecule has 4 aromatic rings. The molecule has 5 heterocycles. The first kappa shape index (κ1) is 23.3. The molecule has 39 heavy (non-hydrogen) atoms. The minimum Gasteiger partial charge on any atom is -0.462 e. The van der Waals surface area contributed by atoms with Crippen molar-refractivity contribution in [2.75, 3.05) is 42.6 Å². The smallest absolute Gasteiger partial charge is 0.366 e. The molecule has 0 fully saturated rings. The predicted molar refractivity (Wildman–Crippen MR) is 157 cm³/mol. The van der Waals surface area contributed by atoms with Crippen LogP contribution in [0.3, 0.4) is 0 Å². The quantitative estimate of drug-likeness (QED) is 0.164. The van der Waals surface area contributed by atoms with Crippen LogP contribution in [0.15, 0.2) is 40.8 Å². The van der Waals surface area contributed by atoms with Crippen molar-refractivity contribution in [3.05, 3.63) is 64.2 Å². The Balaban J connectivity index is 1.50. The number of fused-ring (bicyclic) bond motifs is 4. The van der Waals surface area contributed by atoms with Gasteiger partial charge in [-0.2, -0.15) is 0 Å². The maximum atomic E-state index is 13.2. The molecule has 3 aromatic carbocycles. The Morgan fingerprint density at radius 2 is 1.49 bits per heavy atom. The fourth-order valence-electron chi connectivity index (χ4n) is 7.92. The zero-order chi connectivity index (χ0) is 26.1. The summed E-state index contributed by atoms with van der Waals surface area (Å²) in [5, 5.41) is 2.35. The summed E-state index contributed by atoms with van der Waals surface area (Å²) in [4.78, 5) is 18.3. The maximum Gasteiger partial charge on any atom is 0.366 e. The molecule has 0 aliphatic carbocycles. The van der Waals surface area contributed by atoms with Crippen LogP contribution in [0.25, 0.3) is 33.1 Å². The average molecular weight is 520 g/mol. The van der Waals surface area contributed by atoms with E-state index in [2.05, 4.69) is 28.0 Å². The van der Waals surface area contributed by atoms with E-state index in [0.717, 1.165) is 92.4 Å². The minimum atomic E-state index is -0.254. The normalized spacial score (nSPS) is 17.8. The summed E-state index contributed by atoms with van der Waals surface area (Å²) in [6.45, 7) is 6.72. The molecule has 4 aliphatic heterocycles. The van der Waals surface area contributed by atoms with Crippen LogP contribution in [0.4, 0.5) is 11.4 Å². The van der Waals surface area contributed by atoms with Crippen LogP contribution in [-0.4, -0.2) is 38.8 Å². The van der Waals surface area contributed by atoms with E-state index in [1.54, 1.807) is 0 Å². The molecule has 0 unspecified atom stereocenters. The lowest BCUT2D eigenvalue weighted by atomic mass is 9.82. The van der Waals surface area contributed by atoms with Gasteiger partial charge >= 0.3 is 17.1 Å². The van der Waals surface area contributed by atoms with Crippen molar-refractivity contribution in [3.8, 4) is 11.1 Å². The van der Waals surface area contributed by atoms with Gasteiger partial charge in [-0.1, -0.05) is 18.2 Å². The zero-order valence-electron chi connectivity index (χ0n) is 22.8. The molecular weight excluding hydrogens is 484 g/mol. The average Bonchev–Trinajstić information content (AvgIpc) is 2.97. The lowest BCUT2D eigenvalue weighted by Crippen LogP contribution is -2.35. The highest BCUT2D eigenvalue weighted by atomic mass is 16.5. The van der Waals surface area contributed by atoms with E-state index >= 15 is 0 Å². The minimum absolute atomic E-state index is 0.254. The highest BCUT2D eigenvalue weighted by Gasteiger charge is 2.37. The second-order valence-electron chi connectivity index (χ2n) is 11.6. The summed E-state index contributed by atoms with van der Waals surface area (Å²) in [6.07, 6.45) is 8.95. The van der Waals surface area contributed by atoms with Crippen molar-refractivity contribution >= 4 is 39.3 Å². The van der Waals surface area contributed by atoms with Crippen molar-refractivity contribution in [2.45, 2.75) is 58.3 Å². The van der Waals surface area contributed by atoms with Crippen molar-refractivity contribution in [1.82, 2.24) is 0 Å². The number of aryl methyl sites for hydroxylation is 3. The van der Waals surface area contributed by atoms with Gasteiger partial charge in [0.2, 0.25) is 0 Å². The van der Waals surface area contributed by atoms with Gasteiger partial charge in [-0.25, -0.2) is 9.21 Å². The van der Waals surface area contributed by atoms with Gasteiger partial charge in [-0.3, -0.25) is 0 Å². The number of hydrogen-bond acceptors (Lipinski definition) is 4. The van der Waals surface area contributed by atoms with Crippen molar-refractivity contribution in [1.29, 1.82) is 0 Å². The third-order valence-electron chi connectivity index (χ3n) is 9.38. The van der Waals surface area contributed by atoms with Crippen LogP contribution in [0, 0.1) is 0 Å². The Hall–Kier alpha value is -3.60. The molecule has 0 N–H and O–H groups in total. The van der Waals surface area contributed by atoms with Crippen molar-refractivity contribution in [3.63, 3.8) is 0 Å². The topological polar surface area (TPSA) is 44.1 Å². The Bertz CT molecular complexity index is 1670. The summed E-state index contributed by atoms with van der Waals surface area (Å²) in [5.74, 6) is -0.254. The third kappa shape index (κ3) is 3.44. The molecule has 0 saturated heterocycles. The Kier molecular flexibility index (Phi) is 5.36. The van der Waals surface area contributed by atoms with Crippen LogP contribution < -0.4 is 9.80 Å². The first-order valence-electron chi connectivity index (χ1n) is 14.9. The second kappa shape index (κ2) is 8.97. The summed E-state index contributed by atoms with van der Waals surface area (Å²) in [7, 11) is 0. The lowest BCUT2D eigenvalue weighted by Gasteiger charge is -2.37. The number of benzene rings is 3. The van der Waals surface area contributed by atoms with Gasteiger partial charge in [-0.05, 0) is 93.2 Å². The molecular formula is C34H35N2O3+. The van der Waals surface area contributed by atoms with Crippen LogP contribution in [0.2, 0.25) is 0 Å². The Morgan fingerprint density at radius 1 is 0.821 bits per heavy atom. The van der Waals surface area contributed by atoms with Gasteiger partial charge in [0.25, 0.3) is 0 Å². The molecule has 0 amide bonds. The first-order valence-corrected chi connectivity index (χ1v) is 14.9. The molecule has 0 spiro atoms. The zero-order valence-corrected chi connectivity index (χ0v) is 22.8. The molecule has 0 saturated carbocycles. The second-order valence-corrected chi connectivity index (χ2v) is 11.6. The lowest BCUT2D eigenvalue weighted by molar-refractivity contribution is 0.0527. The van der Waals surface area contributed by atoms with E-state index in [9.17, 15) is 4.79 Å². The molecule has 4 aliphatic rings. The largest absolute Gasteiger partial charge is 0.462 e. The summed E-state index contributed by atoms with van der Waals surface area (Å²) in [6, 6.07) is 12.8. The van der Waals surface area contributed by atoms with Crippen LogP contribution in [-0.2, 0) is 30.4 Å². The molecule has 0 radical (unpaired) electrons. The number of esters is 1. The van der Waals surface area contributed by atoms with E-state index < -0.39 is 0 Å². The van der Waals surface area contributed by atoms with Crippen LogP contribution in [0.1, 0.15) is 65.2 Å². The molecule has 1 aromatic heterocycles. The molecule has 5 nitrogen and oxygen atoms in total. The van der Waals surface area contributed by atoms with Gasteiger partial charge in [0.15, 0.2) is 0 Å². The van der Waals surface area contributed by atoms with Gasteiger partial charge < -0.3 is 14.5 Å². The van der Waals surface area contributed by atoms with Crippen LogP contribution >= 0.6 is 0 Å². The third-order valence-corrected chi connectivity index (χ3v) is 9.38. The van der Waals surface area contributed by atoms with Gasteiger partial charge in [0.05, 0.1) is 45.4 Å². The number of ether oxygens (including phenoxy) is 1. The summed E-state index contributed by atoms with van der Waals surface area (Å²) >= 11 is 0. The van der Waals surface area contributed by atoms with E-state index in [0.29, 0.717) is 12.2 Å². The van der Waals surface area contributed by atoms with Crippen LogP contribution in [0.5, 0.6) is 0 Å². The van der Waals surface area contributed by atoms with E-state index in [-0.39, 0.29) is 5.97 Å². The number of carbonyl (C=O) groups excluding carboxylic acids is 1. The SMILES string of the molecule is CCOC(=O)c1ccccc1-c1c2c3c(c4[o+]c5c6c7c(cc5cc14)CCCN7CCC6)CCCN3CCC2. The number of nitrogens with zero attached hydrogens (tertiary/aromatic N) is 2. The standard InChI is InChI=1S/C34H35N2O3/c1-2-38-34(37)24-11-4-3-10-23(24)29-25-12-6-17-36-18-8-14-27(31(25)36)33-28(29)20-22-19-21-9-5-15-35-16-7-13-26(30(21)35)32(22)39-33/h3-4,10-11,19-20H,2,5-9,12-18H2,1H3/q+1. The summed E-state index contributed by atoms with van der Waals surface area (Å²) in [5.41, 5.74) is 13.3. The number of anilines is 2. The maximum absolute atomic E-state index is 13.2. The van der Waals surface area contributed by atoms with Gasteiger partial charge in [0, 0.05) is 31.7 Å². The molecule has 8 rings (SSSR count). The Morgan fingerprint density at radius 3 is 2.26 bits per heavy atom. The molecule has 198 valence electrons. The molecule has 5 heteroatoms. The first-order chi connectivity index (χ1) is 19.2. The number of carbonyl (C=O) groups is 1. The van der Waals surface area contributed by atoms with Crippen molar-refractivity contribution < 1.29 is 13.9 Å². The highest BCUT2D eigenvalue weighted by Crippen LogP contribution is 2.49. The van der Waals surface area contributed by atoms with Gasteiger partial charge in [-0.15, -0.1) is 0 Å².